The first-order valence-corrected chi connectivity index (χ1v) is 7.79. The van der Waals surface area contributed by atoms with E-state index in [2.05, 4.69) is 28.9 Å². The minimum absolute atomic E-state index is 0.269. The number of nitrogens with zero attached hydrogens (tertiary/aromatic N) is 2. The SMILES string of the molecule is CCC1CN(CCOC)CCC(=O)N1Cc1ccccc1. The number of carbonyl (C=O) groups excluding carboxylic acids is 1. The lowest BCUT2D eigenvalue weighted by Crippen LogP contribution is -2.42. The quantitative estimate of drug-likeness (QED) is 0.805. The summed E-state index contributed by atoms with van der Waals surface area (Å²) in [4.78, 5) is 16.9. The van der Waals surface area contributed by atoms with Gasteiger partial charge in [0, 0.05) is 45.8 Å². The molecule has 0 N–H and O–H groups in total. The maximum absolute atomic E-state index is 12.5. The summed E-state index contributed by atoms with van der Waals surface area (Å²) < 4.78 is 5.16. The van der Waals surface area contributed by atoms with Gasteiger partial charge in [-0.1, -0.05) is 37.3 Å². The second kappa shape index (κ2) is 8.15. The molecular formula is C17H26N2O2. The molecule has 4 heteroatoms. The van der Waals surface area contributed by atoms with E-state index in [1.165, 1.54) is 5.56 Å². The standard InChI is InChI=1S/C17H26N2O2/c1-3-16-14-18(11-12-21-2)10-9-17(20)19(16)13-15-7-5-4-6-8-15/h4-8,16H,3,9-14H2,1-2H3. The Morgan fingerprint density at radius 1 is 1.29 bits per heavy atom. The predicted octanol–water partition coefficient (Wildman–Crippen LogP) is 2.15. The summed E-state index contributed by atoms with van der Waals surface area (Å²) in [7, 11) is 1.72. The van der Waals surface area contributed by atoms with Crippen LogP contribution in [0.3, 0.4) is 0 Å². The van der Waals surface area contributed by atoms with Crippen molar-refractivity contribution in [1.82, 2.24) is 9.80 Å². The number of methoxy groups -OCH3 is 1. The molecule has 1 heterocycles. The highest BCUT2D eigenvalue weighted by Gasteiger charge is 2.28. The minimum Gasteiger partial charge on any atom is -0.383 e. The summed E-state index contributed by atoms with van der Waals surface area (Å²) in [6, 6.07) is 10.5. The van der Waals surface area contributed by atoms with Gasteiger partial charge in [0.1, 0.15) is 0 Å². The molecule has 116 valence electrons. The van der Waals surface area contributed by atoms with Gasteiger partial charge in [0.15, 0.2) is 0 Å². The lowest BCUT2D eigenvalue weighted by atomic mass is 10.1. The van der Waals surface area contributed by atoms with E-state index in [-0.39, 0.29) is 11.9 Å². The van der Waals surface area contributed by atoms with E-state index >= 15 is 0 Å². The van der Waals surface area contributed by atoms with Gasteiger partial charge in [-0.3, -0.25) is 9.69 Å². The zero-order valence-electron chi connectivity index (χ0n) is 13.1. The van der Waals surface area contributed by atoms with E-state index in [1.54, 1.807) is 7.11 Å². The largest absolute Gasteiger partial charge is 0.383 e. The Bertz CT molecular complexity index is 436. The van der Waals surface area contributed by atoms with E-state index in [4.69, 9.17) is 4.74 Å². The van der Waals surface area contributed by atoms with Crippen LogP contribution in [-0.4, -0.2) is 55.1 Å². The van der Waals surface area contributed by atoms with Crippen molar-refractivity contribution in [3.8, 4) is 0 Å². The molecule has 1 atom stereocenters. The Morgan fingerprint density at radius 2 is 2.05 bits per heavy atom. The van der Waals surface area contributed by atoms with E-state index in [9.17, 15) is 4.79 Å². The number of hydrogen-bond acceptors (Lipinski definition) is 3. The van der Waals surface area contributed by atoms with Crippen molar-refractivity contribution in [2.75, 3.05) is 33.4 Å². The molecule has 0 spiro atoms. The molecule has 0 aliphatic carbocycles. The fraction of sp³-hybridized carbons (Fsp3) is 0.588. The van der Waals surface area contributed by atoms with Gasteiger partial charge in [-0.15, -0.1) is 0 Å². The molecule has 0 saturated carbocycles. The topological polar surface area (TPSA) is 32.8 Å². The monoisotopic (exact) mass is 290 g/mol. The first-order chi connectivity index (χ1) is 10.2. The van der Waals surface area contributed by atoms with Crippen LogP contribution in [0.5, 0.6) is 0 Å². The van der Waals surface area contributed by atoms with Gasteiger partial charge in [-0.2, -0.15) is 0 Å². The number of hydrogen-bond donors (Lipinski definition) is 0. The molecule has 4 nitrogen and oxygen atoms in total. The van der Waals surface area contributed by atoms with E-state index in [1.807, 2.05) is 18.2 Å². The van der Waals surface area contributed by atoms with Gasteiger partial charge in [0.2, 0.25) is 5.91 Å². The van der Waals surface area contributed by atoms with Crippen LogP contribution in [0, 0.1) is 0 Å². The van der Waals surface area contributed by atoms with Crippen LogP contribution >= 0.6 is 0 Å². The molecule has 1 amide bonds. The van der Waals surface area contributed by atoms with Gasteiger partial charge >= 0.3 is 0 Å². The molecule has 1 unspecified atom stereocenters. The van der Waals surface area contributed by atoms with Crippen molar-refractivity contribution < 1.29 is 9.53 Å². The van der Waals surface area contributed by atoms with Crippen LogP contribution in [0.4, 0.5) is 0 Å². The van der Waals surface area contributed by atoms with Crippen molar-refractivity contribution >= 4 is 5.91 Å². The lowest BCUT2D eigenvalue weighted by molar-refractivity contribution is -0.133. The minimum atomic E-state index is 0.269. The average Bonchev–Trinajstić information content (AvgIpc) is 2.67. The van der Waals surface area contributed by atoms with Crippen molar-refractivity contribution in [2.45, 2.75) is 32.4 Å². The molecule has 1 aliphatic heterocycles. The molecule has 1 fully saturated rings. The highest BCUT2D eigenvalue weighted by molar-refractivity contribution is 5.77. The third-order valence-electron chi connectivity index (χ3n) is 4.15. The van der Waals surface area contributed by atoms with Crippen LogP contribution in [0.1, 0.15) is 25.3 Å². The fourth-order valence-electron chi connectivity index (χ4n) is 2.86. The average molecular weight is 290 g/mol. The molecule has 0 aromatic heterocycles. The molecule has 1 aromatic carbocycles. The summed E-state index contributed by atoms with van der Waals surface area (Å²) in [6.45, 7) is 6.29. The van der Waals surface area contributed by atoms with Crippen LogP contribution < -0.4 is 0 Å². The molecule has 0 bridgehead atoms. The van der Waals surface area contributed by atoms with Crippen molar-refractivity contribution in [3.63, 3.8) is 0 Å². The number of carbonyl (C=O) groups is 1. The highest BCUT2D eigenvalue weighted by Crippen LogP contribution is 2.17. The summed E-state index contributed by atoms with van der Waals surface area (Å²) in [5.74, 6) is 0.269. The molecule has 1 aromatic rings. The first-order valence-electron chi connectivity index (χ1n) is 7.79. The summed E-state index contributed by atoms with van der Waals surface area (Å²) in [5.41, 5.74) is 1.20. The van der Waals surface area contributed by atoms with Crippen molar-refractivity contribution in [3.05, 3.63) is 35.9 Å². The summed E-state index contributed by atoms with van der Waals surface area (Å²) in [5, 5.41) is 0. The Labute approximate surface area is 127 Å². The van der Waals surface area contributed by atoms with E-state index in [0.29, 0.717) is 6.42 Å². The van der Waals surface area contributed by atoms with Crippen LogP contribution in [0.25, 0.3) is 0 Å². The molecule has 1 saturated heterocycles. The number of ether oxygens (including phenoxy) is 1. The summed E-state index contributed by atoms with van der Waals surface area (Å²) >= 11 is 0. The first kappa shape index (κ1) is 16.0. The van der Waals surface area contributed by atoms with Gasteiger partial charge in [-0.05, 0) is 12.0 Å². The predicted molar refractivity (Wildman–Crippen MR) is 84.0 cm³/mol. The van der Waals surface area contributed by atoms with E-state index in [0.717, 1.165) is 39.2 Å². The van der Waals surface area contributed by atoms with Gasteiger partial charge < -0.3 is 9.64 Å². The normalized spacial score (nSPS) is 20.6. The molecule has 21 heavy (non-hydrogen) atoms. The summed E-state index contributed by atoms with van der Waals surface area (Å²) in [6.07, 6.45) is 1.59. The van der Waals surface area contributed by atoms with Gasteiger partial charge in [-0.25, -0.2) is 0 Å². The zero-order chi connectivity index (χ0) is 15.1. The van der Waals surface area contributed by atoms with Gasteiger partial charge in [0.25, 0.3) is 0 Å². The van der Waals surface area contributed by atoms with Crippen LogP contribution in [0.2, 0.25) is 0 Å². The lowest BCUT2D eigenvalue weighted by Gasteiger charge is -2.31. The van der Waals surface area contributed by atoms with Crippen LogP contribution in [0.15, 0.2) is 30.3 Å². The second-order valence-corrected chi connectivity index (χ2v) is 5.61. The third kappa shape index (κ3) is 4.55. The number of benzene rings is 1. The second-order valence-electron chi connectivity index (χ2n) is 5.61. The third-order valence-corrected chi connectivity index (χ3v) is 4.15. The maximum Gasteiger partial charge on any atom is 0.224 e. The highest BCUT2D eigenvalue weighted by atomic mass is 16.5. The molecule has 2 rings (SSSR count). The Kier molecular flexibility index (Phi) is 6.21. The fourth-order valence-corrected chi connectivity index (χ4v) is 2.86. The molecular weight excluding hydrogens is 264 g/mol. The number of amides is 1. The van der Waals surface area contributed by atoms with Crippen LogP contribution in [-0.2, 0) is 16.1 Å². The Balaban J connectivity index is 2.05. The van der Waals surface area contributed by atoms with Crippen molar-refractivity contribution in [2.24, 2.45) is 0 Å². The maximum atomic E-state index is 12.5. The van der Waals surface area contributed by atoms with Crippen molar-refractivity contribution in [1.29, 1.82) is 0 Å². The Hall–Kier alpha value is -1.39. The zero-order valence-corrected chi connectivity index (χ0v) is 13.1. The van der Waals surface area contributed by atoms with Gasteiger partial charge in [0.05, 0.1) is 6.61 Å². The molecule has 1 aliphatic rings. The number of rotatable bonds is 6. The smallest absolute Gasteiger partial charge is 0.224 e. The Morgan fingerprint density at radius 3 is 2.71 bits per heavy atom. The molecule has 0 radical (unpaired) electrons. The van der Waals surface area contributed by atoms with E-state index < -0.39 is 0 Å².